The predicted molar refractivity (Wildman–Crippen MR) is 128 cm³/mol. The van der Waals surface area contributed by atoms with E-state index in [2.05, 4.69) is 29.6 Å². The van der Waals surface area contributed by atoms with E-state index in [1.165, 1.54) is 0 Å². The number of hydrogen-bond donors (Lipinski definition) is 2. The number of ether oxygens (including phenoxy) is 2. The van der Waals surface area contributed by atoms with Crippen molar-refractivity contribution in [2.75, 3.05) is 32.9 Å². The second-order valence-corrected chi connectivity index (χ2v) is 9.80. The van der Waals surface area contributed by atoms with Crippen LogP contribution in [-0.4, -0.2) is 66.9 Å². The number of aliphatic carboxylic acids is 1. The van der Waals surface area contributed by atoms with E-state index in [4.69, 9.17) is 14.6 Å². The van der Waals surface area contributed by atoms with Crippen molar-refractivity contribution < 1.29 is 29.0 Å². The van der Waals surface area contributed by atoms with Crippen molar-refractivity contribution in [2.24, 2.45) is 17.8 Å². The number of benzene rings is 2. The molecule has 2 N–H and O–H groups in total. The molecule has 3 aliphatic rings. The maximum atomic E-state index is 13.2. The van der Waals surface area contributed by atoms with Crippen LogP contribution in [0.3, 0.4) is 0 Å². The molecular weight excluding hydrogens is 448 g/mol. The van der Waals surface area contributed by atoms with E-state index in [1.54, 1.807) is 4.90 Å². The zero-order valence-electron chi connectivity index (χ0n) is 19.7. The third-order valence-corrected chi connectivity index (χ3v) is 7.56. The molecule has 2 aromatic carbocycles. The fraction of sp³-hybridized carbons (Fsp3) is 0.444. The summed E-state index contributed by atoms with van der Waals surface area (Å²) in [5, 5.41) is 12.0. The Morgan fingerprint density at radius 2 is 1.69 bits per heavy atom. The Kier molecular flexibility index (Phi) is 6.47. The number of carboxylic acid groups (broad SMARTS) is 1. The highest BCUT2D eigenvalue weighted by molar-refractivity contribution is 5.82. The molecule has 2 fully saturated rings. The van der Waals surface area contributed by atoms with Crippen LogP contribution in [0.25, 0.3) is 11.1 Å². The molecular formula is C27H30N2O6. The normalized spacial score (nSPS) is 25.2. The largest absolute Gasteiger partial charge is 0.481 e. The summed E-state index contributed by atoms with van der Waals surface area (Å²) in [7, 11) is 0. The quantitative estimate of drug-likeness (QED) is 0.661. The number of carbonyl (C=O) groups excluding carboxylic acids is 2. The van der Waals surface area contributed by atoms with Crippen molar-refractivity contribution in [1.29, 1.82) is 0 Å². The van der Waals surface area contributed by atoms with Gasteiger partial charge in [0.25, 0.3) is 0 Å². The third-order valence-electron chi connectivity index (χ3n) is 7.56. The first-order valence-corrected chi connectivity index (χ1v) is 12.1. The molecule has 35 heavy (non-hydrogen) atoms. The number of likely N-dealkylation sites (tertiary alicyclic amines) is 1. The Labute approximate surface area is 204 Å². The van der Waals surface area contributed by atoms with Crippen molar-refractivity contribution in [2.45, 2.75) is 25.3 Å². The fourth-order valence-electron chi connectivity index (χ4n) is 5.67. The van der Waals surface area contributed by atoms with Crippen LogP contribution in [0.1, 0.15) is 30.4 Å². The van der Waals surface area contributed by atoms with Crippen molar-refractivity contribution in [3.63, 3.8) is 0 Å². The molecule has 8 nitrogen and oxygen atoms in total. The van der Waals surface area contributed by atoms with Gasteiger partial charge in [0.15, 0.2) is 0 Å². The van der Waals surface area contributed by atoms with E-state index < -0.39 is 24.0 Å². The van der Waals surface area contributed by atoms with Gasteiger partial charge < -0.3 is 24.8 Å². The fourth-order valence-corrected chi connectivity index (χ4v) is 5.67. The van der Waals surface area contributed by atoms with Crippen LogP contribution >= 0.6 is 0 Å². The predicted octanol–water partition coefficient (Wildman–Crippen LogP) is 3.11. The van der Waals surface area contributed by atoms with Gasteiger partial charge in [0.1, 0.15) is 6.61 Å². The SMILES string of the molecule is CC1CN(C(=O)C2COCC2NC(=O)OCC2c3ccccc3-c3ccccc32)CC1CC(=O)O. The number of nitrogens with one attached hydrogen (secondary N) is 1. The van der Waals surface area contributed by atoms with Gasteiger partial charge in [-0.25, -0.2) is 4.79 Å². The van der Waals surface area contributed by atoms with Crippen LogP contribution < -0.4 is 5.32 Å². The van der Waals surface area contributed by atoms with Gasteiger partial charge in [-0.1, -0.05) is 55.5 Å². The first-order valence-electron chi connectivity index (χ1n) is 12.1. The van der Waals surface area contributed by atoms with Gasteiger partial charge in [-0.3, -0.25) is 9.59 Å². The smallest absolute Gasteiger partial charge is 0.407 e. The lowest BCUT2D eigenvalue weighted by molar-refractivity contribution is -0.139. The number of carbonyl (C=O) groups is 3. The van der Waals surface area contributed by atoms with Gasteiger partial charge in [0, 0.05) is 19.0 Å². The Bertz CT molecular complexity index is 1090. The second-order valence-electron chi connectivity index (χ2n) is 9.80. The van der Waals surface area contributed by atoms with Crippen LogP contribution in [0.4, 0.5) is 4.79 Å². The maximum absolute atomic E-state index is 13.2. The molecule has 184 valence electrons. The summed E-state index contributed by atoms with van der Waals surface area (Å²) in [6.45, 7) is 3.57. The van der Waals surface area contributed by atoms with E-state index >= 15 is 0 Å². The van der Waals surface area contributed by atoms with Gasteiger partial charge in [-0.2, -0.15) is 0 Å². The molecule has 4 unspecified atom stereocenters. The van der Waals surface area contributed by atoms with Gasteiger partial charge in [0.2, 0.25) is 5.91 Å². The lowest BCUT2D eigenvalue weighted by Crippen LogP contribution is -2.47. The van der Waals surface area contributed by atoms with Crippen molar-refractivity contribution in [3.05, 3.63) is 59.7 Å². The number of carboxylic acids is 1. The Hall–Kier alpha value is -3.39. The Balaban J connectivity index is 1.19. The summed E-state index contributed by atoms with van der Waals surface area (Å²) in [5.74, 6) is -1.45. The second kappa shape index (κ2) is 9.70. The zero-order chi connectivity index (χ0) is 24.5. The number of amides is 2. The Morgan fingerprint density at radius 1 is 1.03 bits per heavy atom. The van der Waals surface area contributed by atoms with E-state index in [-0.39, 0.29) is 49.9 Å². The molecule has 0 saturated carbocycles. The number of alkyl carbamates (subject to hydrolysis) is 1. The molecule has 8 heteroatoms. The lowest BCUT2D eigenvalue weighted by atomic mass is 9.95. The maximum Gasteiger partial charge on any atom is 0.407 e. The first-order chi connectivity index (χ1) is 16.9. The standard InChI is InChI=1S/C27H30N2O6/c1-16-11-29(12-17(16)10-25(30)31)26(32)23-13-34-15-24(23)28-27(33)35-14-22-20-8-4-2-6-18(20)19-7-3-5-9-21(19)22/h2-9,16-17,22-24H,10-15H2,1H3,(H,28,33)(H,30,31). The molecule has 2 heterocycles. The molecule has 2 amide bonds. The zero-order valence-corrected chi connectivity index (χ0v) is 19.7. The first kappa shape index (κ1) is 23.4. The van der Waals surface area contributed by atoms with Crippen molar-refractivity contribution in [3.8, 4) is 11.1 Å². The average molecular weight is 479 g/mol. The Morgan fingerprint density at radius 3 is 2.34 bits per heavy atom. The third kappa shape index (κ3) is 4.62. The average Bonchev–Trinajstić information content (AvgIpc) is 3.53. The van der Waals surface area contributed by atoms with E-state index in [0.717, 1.165) is 22.3 Å². The van der Waals surface area contributed by atoms with E-state index in [9.17, 15) is 14.4 Å². The molecule has 2 aromatic rings. The minimum atomic E-state index is -0.852. The van der Waals surface area contributed by atoms with Crippen molar-refractivity contribution in [1.82, 2.24) is 10.2 Å². The van der Waals surface area contributed by atoms with Crippen LogP contribution in [-0.2, 0) is 19.1 Å². The van der Waals surface area contributed by atoms with Gasteiger partial charge in [0.05, 0.1) is 31.6 Å². The van der Waals surface area contributed by atoms with Crippen LogP contribution in [0.5, 0.6) is 0 Å². The summed E-state index contributed by atoms with van der Waals surface area (Å²) in [6.07, 6.45) is -0.521. The number of hydrogen-bond acceptors (Lipinski definition) is 5. The van der Waals surface area contributed by atoms with E-state index in [1.807, 2.05) is 31.2 Å². The summed E-state index contributed by atoms with van der Waals surface area (Å²) in [4.78, 5) is 38.7. The highest BCUT2D eigenvalue weighted by atomic mass is 16.5. The van der Waals surface area contributed by atoms with Crippen molar-refractivity contribution >= 4 is 18.0 Å². The van der Waals surface area contributed by atoms with Gasteiger partial charge >= 0.3 is 12.1 Å². The van der Waals surface area contributed by atoms with Gasteiger partial charge in [-0.15, -0.1) is 0 Å². The molecule has 0 bridgehead atoms. The minimum absolute atomic E-state index is 0.0392. The number of nitrogens with zero attached hydrogens (tertiary/aromatic N) is 1. The molecule has 1 aliphatic carbocycles. The number of rotatable bonds is 6. The van der Waals surface area contributed by atoms with E-state index in [0.29, 0.717) is 13.1 Å². The summed E-state index contributed by atoms with van der Waals surface area (Å²) >= 11 is 0. The summed E-state index contributed by atoms with van der Waals surface area (Å²) in [6, 6.07) is 15.8. The lowest BCUT2D eigenvalue weighted by Gasteiger charge is -2.24. The highest BCUT2D eigenvalue weighted by Gasteiger charge is 2.42. The molecule has 0 spiro atoms. The summed E-state index contributed by atoms with van der Waals surface area (Å²) in [5.41, 5.74) is 4.59. The van der Waals surface area contributed by atoms with Gasteiger partial charge in [-0.05, 0) is 34.1 Å². The molecule has 5 rings (SSSR count). The molecule has 0 radical (unpaired) electrons. The molecule has 2 aliphatic heterocycles. The summed E-state index contributed by atoms with van der Waals surface area (Å²) < 4.78 is 11.2. The molecule has 2 saturated heterocycles. The molecule has 4 atom stereocenters. The highest BCUT2D eigenvalue weighted by Crippen LogP contribution is 2.44. The number of fused-ring (bicyclic) bond motifs is 3. The van der Waals surface area contributed by atoms with Crippen LogP contribution in [0, 0.1) is 17.8 Å². The monoisotopic (exact) mass is 478 g/mol. The topological polar surface area (TPSA) is 105 Å². The van der Waals surface area contributed by atoms with Crippen LogP contribution in [0.2, 0.25) is 0 Å². The van der Waals surface area contributed by atoms with Crippen LogP contribution in [0.15, 0.2) is 48.5 Å². The minimum Gasteiger partial charge on any atom is -0.481 e. The molecule has 0 aromatic heterocycles.